The quantitative estimate of drug-likeness (QED) is 0.125. The maximum Gasteiger partial charge on any atom is 0.381 e. The number of halogens is 1. The zero-order chi connectivity index (χ0) is 27.2. The van der Waals surface area contributed by atoms with Gasteiger partial charge in [0.05, 0.1) is 0 Å². The van der Waals surface area contributed by atoms with E-state index in [2.05, 4.69) is 132 Å². The lowest BCUT2D eigenvalue weighted by Crippen LogP contribution is -3.61. The Bertz CT molecular complexity index is 1930. The van der Waals surface area contributed by atoms with E-state index < -0.39 is 0 Å². The van der Waals surface area contributed by atoms with E-state index in [1.54, 1.807) is 5.77 Å². The van der Waals surface area contributed by atoms with Crippen molar-refractivity contribution in [2.75, 3.05) is 0 Å². The van der Waals surface area contributed by atoms with Gasteiger partial charge in [0.2, 0.25) is 5.77 Å². The van der Waals surface area contributed by atoms with E-state index in [4.69, 9.17) is 0 Å². The van der Waals surface area contributed by atoms with Gasteiger partial charge in [0.25, 0.3) is 0 Å². The molecular formula is C38H26IS2+. The maximum absolute atomic E-state index is 2.48. The molecule has 0 fully saturated rings. The normalized spacial score (nSPS) is 11.7. The van der Waals surface area contributed by atoms with Gasteiger partial charge in [0.1, 0.15) is 0 Å². The zero-order valence-corrected chi connectivity index (χ0v) is 26.1. The summed E-state index contributed by atoms with van der Waals surface area (Å²) in [6, 6.07) is 45.0. The Balaban J connectivity index is 1.07. The van der Waals surface area contributed by atoms with Crippen LogP contribution in [0.3, 0.4) is 0 Å². The second-order valence-electron chi connectivity index (χ2n) is 10.6. The standard InChI is InChI=1S/C38H26IS2/c1-5-13-31-27(9-1)21-28-10-2-6-14-32(28)35(31)17-25-19-37(40-23-25)39-38-20-26(24-41-38)18-36-33-15-7-3-11-29(33)22-30-12-4-8-16-34(30)36/h1-16,19-24H,17-18H2/q+1. The van der Waals surface area contributed by atoms with E-state index in [9.17, 15) is 0 Å². The van der Waals surface area contributed by atoms with Crippen molar-refractivity contribution in [3.05, 3.63) is 160 Å². The van der Waals surface area contributed by atoms with Gasteiger partial charge in [-0.3, -0.25) is 0 Å². The first-order valence-electron chi connectivity index (χ1n) is 13.9. The lowest BCUT2D eigenvalue weighted by Gasteiger charge is -2.11. The van der Waals surface area contributed by atoms with Crippen molar-refractivity contribution in [1.82, 2.24) is 0 Å². The highest BCUT2D eigenvalue weighted by atomic mass is 127. The van der Waals surface area contributed by atoms with Gasteiger partial charge in [-0.25, -0.2) is 0 Å². The fraction of sp³-hybridized carbons (Fsp3) is 0.0526. The van der Waals surface area contributed by atoms with E-state index in [1.165, 1.54) is 65.3 Å². The highest BCUT2D eigenvalue weighted by Gasteiger charge is 2.22. The summed E-state index contributed by atoms with van der Waals surface area (Å²) in [5.41, 5.74) is 5.76. The van der Waals surface area contributed by atoms with Gasteiger partial charge in [0, 0.05) is 12.1 Å². The predicted molar refractivity (Wildman–Crippen MR) is 175 cm³/mol. The third-order valence-corrected chi connectivity index (χ3v) is 13.7. The molecule has 8 rings (SSSR count). The molecule has 6 aromatic carbocycles. The van der Waals surface area contributed by atoms with Crippen LogP contribution in [0.15, 0.2) is 132 Å². The summed E-state index contributed by atoms with van der Waals surface area (Å²) in [7, 11) is 0. The second kappa shape index (κ2) is 10.7. The van der Waals surface area contributed by atoms with Crippen LogP contribution in [0.2, 0.25) is 0 Å². The Morgan fingerprint density at radius 3 is 1.12 bits per heavy atom. The number of hydrogen-bond donors (Lipinski definition) is 0. The molecule has 41 heavy (non-hydrogen) atoms. The highest BCUT2D eigenvalue weighted by molar-refractivity contribution is 7.08. The minimum absolute atomic E-state index is 0.186. The first-order chi connectivity index (χ1) is 20.3. The third kappa shape index (κ3) is 4.86. The highest BCUT2D eigenvalue weighted by Crippen LogP contribution is 2.32. The summed E-state index contributed by atoms with van der Waals surface area (Å²) in [5.74, 6) is 0. The molecule has 8 aromatic rings. The van der Waals surface area contributed by atoms with E-state index in [0.717, 1.165) is 12.8 Å². The number of benzene rings is 6. The molecule has 0 aliphatic carbocycles. The number of hydrogen-bond acceptors (Lipinski definition) is 2. The Labute approximate surface area is 258 Å². The van der Waals surface area contributed by atoms with Crippen molar-refractivity contribution in [2.45, 2.75) is 12.8 Å². The van der Waals surface area contributed by atoms with Crippen LogP contribution in [0.25, 0.3) is 43.1 Å². The molecular weight excluding hydrogens is 647 g/mol. The molecule has 2 heterocycles. The molecule has 0 aliphatic rings. The van der Waals surface area contributed by atoms with E-state index >= 15 is 0 Å². The Hall–Kier alpha value is -3.51. The van der Waals surface area contributed by atoms with Crippen LogP contribution >= 0.6 is 22.7 Å². The summed E-state index contributed by atoms with van der Waals surface area (Å²) < 4.78 is 3.10. The summed E-state index contributed by atoms with van der Waals surface area (Å²) in [4.78, 5) is 0. The molecule has 3 heteroatoms. The van der Waals surface area contributed by atoms with Crippen molar-refractivity contribution in [3.8, 4) is 0 Å². The van der Waals surface area contributed by atoms with Gasteiger partial charge >= 0.3 is 21.2 Å². The van der Waals surface area contributed by atoms with Gasteiger partial charge in [-0.2, -0.15) is 0 Å². The molecule has 0 spiro atoms. The molecule has 0 unspecified atom stereocenters. The number of thiophene rings is 2. The molecule has 0 aliphatic heterocycles. The number of rotatable bonds is 6. The van der Waals surface area contributed by atoms with Crippen LogP contribution < -0.4 is 21.2 Å². The second-order valence-corrected chi connectivity index (χ2v) is 16.7. The van der Waals surface area contributed by atoms with Crippen molar-refractivity contribution < 1.29 is 21.2 Å². The Kier molecular flexibility index (Phi) is 6.59. The fourth-order valence-electron chi connectivity index (χ4n) is 6.07. The minimum Gasteiger partial charge on any atom is -0.0959 e. The fourth-order valence-corrected chi connectivity index (χ4v) is 12.0. The summed E-state index contributed by atoms with van der Waals surface area (Å²) >= 11 is 3.71. The summed E-state index contributed by atoms with van der Waals surface area (Å²) in [6.07, 6.45) is 1.96. The smallest absolute Gasteiger partial charge is 0.0959 e. The molecule has 0 radical (unpaired) electrons. The van der Waals surface area contributed by atoms with E-state index in [1.807, 2.05) is 22.7 Å². The molecule has 0 nitrogen and oxygen atoms in total. The monoisotopic (exact) mass is 673 g/mol. The van der Waals surface area contributed by atoms with Crippen LogP contribution in [0.5, 0.6) is 0 Å². The SMILES string of the molecule is c1ccc2c(Cc3csc([I+]c4cc(Cc5c6ccccc6cc6ccccc56)cs4)c3)c3ccccc3cc2c1. The largest absolute Gasteiger partial charge is 0.381 e. The van der Waals surface area contributed by atoms with E-state index in [-0.39, 0.29) is 21.2 Å². The molecule has 0 atom stereocenters. The molecule has 0 saturated heterocycles. The summed E-state index contributed by atoms with van der Waals surface area (Å²) in [6.45, 7) is 0. The van der Waals surface area contributed by atoms with Crippen molar-refractivity contribution >= 4 is 65.8 Å². The molecule has 0 saturated carbocycles. The van der Waals surface area contributed by atoms with Gasteiger partial charge in [-0.05, 0) is 101 Å². The minimum atomic E-state index is -0.186. The Morgan fingerprint density at radius 1 is 0.415 bits per heavy atom. The van der Waals surface area contributed by atoms with Crippen molar-refractivity contribution in [2.24, 2.45) is 0 Å². The topological polar surface area (TPSA) is 0 Å². The van der Waals surface area contributed by atoms with Gasteiger partial charge in [-0.1, -0.05) is 120 Å². The van der Waals surface area contributed by atoms with Gasteiger partial charge < -0.3 is 0 Å². The maximum atomic E-state index is 2.48. The third-order valence-electron chi connectivity index (χ3n) is 7.96. The average Bonchev–Trinajstić information content (AvgIpc) is 3.66. The predicted octanol–water partition coefficient (Wildman–Crippen LogP) is 7.73. The first-order valence-corrected chi connectivity index (χ1v) is 17.8. The van der Waals surface area contributed by atoms with Crippen LogP contribution in [-0.4, -0.2) is 0 Å². The zero-order valence-electron chi connectivity index (χ0n) is 22.3. The number of fused-ring (bicyclic) bond motifs is 4. The first kappa shape index (κ1) is 25.2. The van der Waals surface area contributed by atoms with Crippen LogP contribution in [-0.2, 0) is 12.8 Å². The van der Waals surface area contributed by atoms with Crippen LogP contribution in [0.1, 0.15) is 22.3 Å². The van der Waals surface area contributed by atoms with Crippen LogP contribution in [0, 0.1) is 5.77 Å². The average molecular weight is 674 g/mol. The van der Waals surface area contributed by atoms with Crippen molar-refractivity contribution in [3.63, 3.8) is 0 Å². The lowest BCUT2D eigenvalue weighted by atomic mass is 9.93. The lowest BCUT2D eigenvalue weighted by molar-refractivity contribution is -0.585. The van der Waals surface area contributed by atoms with Gasteiger partial charge in [-0.15, -0.1) is 0 Å². The van der Waals surface area contributed by atoms with Gasteiger partial charge in [0.15, 0.2) is 0 Å². The van der Waals surface area contributed by atoms with E-state index in [0.29, 0.717) is 0 Å². The Morgan fingerprint density at radius 2 is 0.756 bits per heavy atom. The summed E-state index contributed by atoms with van der Waals surface area (Å²) in [5, 5.41) is 15.6. The van der Waals surface area contributed by atoms with Crippen LogP contribution in [0.4, 0.5) is 0 Å². The molecule has 0 bridgehead atoms. The molecule has 0 N–H and O–H groups in total. The van der Waals surface area contributed by atoms with Crippen molar-refractivity contribution in [1.29, 1.82) is 0 Å². The molecule has 2 aromatic heterocycles. The molecule has 0 amide bonds. The molecule has 196 valence electrons.